The second-order valence-electron chi connectivity index (χ2n) is 5.22. The maximum absolute atomic E-state index is 12.0. The van der Waals surface area contributed by atoms with Crippen LogP contribution in [0.25, 0.3) is 0 Å². The van der Waals surface area contributed by atoms with Crippen molar-refractivity contribution in [2.75, 3.05) is 13.2 Å². The predicted octanol–water partition coefficient (Wildman–Crippen LogP) is 2.13. The minimum atomic E-state index is -0.558. The van der Waals surface area contributed by atoms with Gasteiger partial charge in [-0.25, -0.2) is 0 Å². The van der Waals surface area contributed by atoms with Crippen LogP contribution in [0.15, 0.2) is 29.4 Å². The minimum absolute atomic E-state index is 0.131. The lowest BCUT2D eigenvalue weighted by atomic mass is 10.0. The molecular formula is C15H17ClN2O3. The third-order valence-corrected chi connectivity index (χ3v) is 3.92. The number of benzene rings is 1. The Labute approximate surface area is 128 Å². The molecule has 21 heavy (non-hydrogen) atoms. The molecule has 0 saturated carbocycles. The molecule has 1 N–H and O–H groups in total. The average molecular weight is 309 g/mol. The standard InChI is InChI=1S/C15H17ClN2O3/c16-11-5-3-10(4-6-11)13-8-14(21-18-13)15(19)17-9-12-2-1-7-20-12/h3-6,12,14H,1-2,7-9H2,(H,17,19)/t12-,14-/m1/s1. The van der Waals surface area contributed by atoms with Crippen LogP contribution in [0.2, 0.25) is 5.02 Å². The summed E-state index contributed by atoms with van der Waals surface area (Å²) in [6.45, 7) is 1.32. The van der Waals surface area contributed by atoms with E-state index in [1.807, 2.05) is 12.1 Å². The third kappa shape index (κ3) is 3.54. The van der Waals surface area contributed by atoms with E-state index in [2.05, 4.69) is 10.5 Å². The summed E-state index contributed by atoms with van der Waals surface area (Å²) in [5.74, 6) is -0.141. The number of rotatable bonds is 4. The fourth-order valence-electron chi connectivity index (χ4n) is 2.46. The van der Waals surface area contributed by atoms with Crippen molar-refractivity contribution >= 4 is 23.2 Å². The Hall–Kier alpha value is -1.59. The van der Waals surface area contributed by atoms with Crippen LogP contribution in [0.3, 0.4) is 0 Å². The summed E-state index contributed by atoms with van der Waals surface area (Å²) in [5.41, 5.74) is 1.69. The Kier molecular flexibility index (Phi) is 4.41. The SMILES string of the molecule is O=C(NC[C@H]1CCCO1)[C@H]1CC(c2ccc(Cl)cc2)=NO1. The van der Waals surface area contributed by atoms with Crippen molar-refractivity contribution in [2.45, 2.75) is 31.5 Å². The Morgan fingerprint density at radius 2 is 2.19 bits per heavy atom. The lowest BCUT2D eigenvalue weighted by Gasteiger charge is -2.13. The first-order chi connectivity index (χ1) is 10.2. The van der Waals surface area contributed by atoms with Gasteiger partial charge in [0.05, 0.1) is 11.8 Å². The lowest BCUT2D eigenvalue weighted by molar-refractivity contribution is -0.131. The van der Waals surface area contributed by atoms with E-state index >= 15 is 0 Å². The fraction of sp³-hybridized carbons (Fsp3) is 0.467. The molecule has 0 spiro atoms. The number of carbonyl (C=O) groups excluding carboxylic acids is 1. The van der Waals surface area contributed by atoms with E-state index < -0.39 is 6.10 Å². The number of hydrogen-bond acceptors (Lipinski definition) is 4. The number of nitrogens with one attached hydrogen (secondary N) is 1. The molecule has 0 unspecified atom stereocenters. The average Bonchev–Trinajstić information content (AvgIpc) is 3.17. The monoisotopic (exact) mass is 308 g/mol. The third-order valence-electron chi connectivity index (χ3n) is 3.67. The van der Waals surface area contributed by atoms with Crippen molar-refractivity contribution < 1.29 is 14.4 Å². The van der Waals surface area contributed by atoms with E-state index in [0.29, 0.717) is 18.0 Å². The highest BCUT2D eigenvalue weighted by Crippen LogP contribution is 2.19. The summed E-state index contributed by atoms with van der Waals surface area (Å²) in [6.07, 6.45) is 2.10. The van der Waals surface area contributed by atoms with E-state index in [1.165, 1.54) is 0 Å². The van der Waals surface area contributed by atoms with Crippen LogP contribution >= 0.6 is 11.6 Å². The molecule has 2 heterocycles. The molecule has 6 heteroatoms. The molecule has 1 fully saturated rings. The van der Waals surface area contributed by atoms with Crippen LogP contribution in [0, 0.1) is 0 Å². The largest absolute Gasteiger partial charge is 0.382 e. The number of carbonyl (C=O) groups is 1. The molecule has 1 aromatic carbocycles. The number of nitrogens with zero attached hydrogens (tertiary/aromatic N) is 1. The van der Waals surface area contributed by atoms with Gasteiger partial charge in [0.25, 0.3) is 5.91 Å². The Bertz CT molecular complexity index is 538. The van der Waals surface area contributed by atoms with Crippen molar-refractivity contribution in [3.8, 4) is 0 Å². The van der Waals surface area contributed by atoms with E-state index in [-0.39, 0.29) is 12.0 Å². The summed E-state index contributed by atoms with van der Waals surface area (Å²) < 4.78 is 5.47. The maximum atomic E-state index is 12.0. The fourth-order valence-corrected chi connectivity index (χ4v) is 2.59. The highest BCUT2D eigenvalue weighted by molar-refractivity contribution is 6.30. The number of ether oxygens (including phenoxy) is 1. The molecular weight excluding hydrogens is 292 g/mol. The van der Waals surface area contributed by atoms with Gasteiger partial charge in [0.2, 0.25) is 6.10 Å². The molecule has 5 nitrogen and oxygen atoms in total. The first-order valence-corrected chi connectivity index (χ1v) is 7.48. The number of oxime groups is 1. The highest BCUT2D eigenvalue weighted by Gasteiger charge is 2.29. The van der Waals surface area contributed by atoms with Crippen LogP contribution < -0.4 is 5.32 Å². The van der Waals surface area contributed by atoms with E-state index in [1.54, 1.807) is 12.1 Å². The molecule has 2 aliphatic rings. The van der Waals surface area contributed by atoms with Crippen LogP contribution in [0.4, 0.5) is 0 Å². The summed E-state index contributed by atoms with van der Waals surface area (Å²) in [6, 6.07) is 7.34. The van der Waals surface area contributed by atoms with Crippen molar-refractivity contribution in [2.24, 2.45) is 5.16 Å². The van der Waals surface area contributed by atoms with Gasteiger partial charge in [-0.1, -0.05) is 28.9 Å². The highest BCUT2D eigenvalue weighted by atomic mass is 35.5. The molecule has 0 radical (unpaired) electrons. The Morgan fingerprint density at radius 3 is 2.90 bits per heavy atom. The van der Waals surface area contributed by atoms with Gasteiger partial charge in [-0.2, -0.15) is 0 Å². The van der Waals surface area contributed by atoms with Gasteiger partial charge in [0.1, 0.15) is 0 Å². The molecule has 1 saturated heterocycles. The van der Waals surface area contributed by atoms with Crippen molar-refractivity contribution in [3.63, 3.8) is 0 Å². The van der Waals surface area contributed by atoms with Crippen LogP contribution in [0.5, 0.6) is 0 Å². The molecule has 3 rings (SSSR count). The number of amides is 1. The van der Waals surface area contributed by atoms with Gasteiger partial charge in [-0.15, -0.1) is 0 Å². The van der Waals surface area contributed by atoms with Crippen LogP contribution in [0.1, 0.15) is 24.8 Å². The molecule has 2 aliphatic heterocycles. The van der Waals surface area contributed by atoms with Crippen LogP contribution in [-0.2, 0) is 14.4 Å². The summed E-state index contributed by atoms with van der Waals surface area (Å²) in [5, 5.41) is 7.53. The van der Waals surface area contributed by atoms with Gasteiger partial charge in [0, 0.05) is 24.6 Å². The summed E-state index contributed by atoms with van der Waals surface area (Å²) in [4.78, 5) is 17.3. The maximum Gasteiger partial charge on any atom is 0.264 e. The zero-order chi connectivity index (χ0) is 14.7. The molecule has 0 bridgehead atoms. The van der Waals surface area contributed by atoms with E-state index in [0.717, 1.165) is 30.7 Å². The van der Waals surface area contributed by atoms with E-state index in [4.69, 9.17) is 21.2 Å². The topological polar surface area (TPSA) is 59.9 Å². The minimum Gasteiger partial charge on any atom is -0.382 e. The van der Waals surface area contributed by atoms with Gasteiger partial charge < -0.3 is 14.9 Å². The van der Waals surface area contributed by atoms with Crippen LogP contribution in [-0.4, -0.2) is 37.0 Å². The van der Waals surface area contributed by atoms with Gasteiger partial charge in [0.15, 0.2) is 0 Å². The summed E-state index contributed by atoms with van der Waals surface area (Å²) >= 11 is 5.85. The second kappa shape index (κ2) is 6.45. The quantitative estimate of drug-likeness (QED) is 0.927. The smallest absolute Gasteiger partial charge is 0.264 e. The van der Waals surface area contributed by atoms with Gasteiger partial charge in [-0.05, 0) is 30.5 Å². The first-order valence-electron chi connectivity index (χ1n) is 7.10. The Morgan fingerprint density at radius 1 is 1.38 bits per heavy atom. The molecule has 1 amide bonds. The molecule has 0 aliphatic carbocycles. The van der Waals surface area contributed by atoms with Crippen molar-refractivity contribution in [1.29, 1.82) is 0 Å². The van der Waals surface area contributed by atoms with Crippen molar-refractivity contribution in [1.82, 2.24) is 5.32 Å². The number of hydrogen-bond donors (Lipinski definition) is 1. The first kappa shape index (κ1) is 14.4. The van der Waals surface area contributed by atoms with Gasteiger partial charge >= 0.3 is 0 Å². The molecule has 1 aromatic rings. The molecule has 112 valence electrons. The number of halogens is 1. The summed E-state index contributed by atoms with van der Waals surface area (Å²) in [7, 11) is 0. The molecule has 0 aromatic heterocycles. The Balaban J connectivity index is 1.50. The second-order valence-corrected chi connectivity index (χ2v) is 5.66. The van der Waals surface area contributed by atoms with E-state index in [9.17, 15) is 4.79 Å². The van der Waals surface area contributed by atoms with Crippen molar-refractivity contribution in [3.05, 3.63) is 34.9 Å². The zero-order valence-electron chi connectivity index (χ0n) is 11.5. The zero-order valence-corrected chi connectivity index (χ0v) is 12.3. The predicted molar refractivity (Wildman–Crippen MR) is 79.5 cm³/mol. The van der Waals surface area contributed by atoms with Gasteiger partial charge in [-0.3, -0.25) is 4.79 Å². The normalized spacial score (nSPS) is 24.5. The lowest BCUT2D eigenvalue weighted by Crippen LogP contribution is -2.39. The molecule has 2 atom stereocenters.